The number of carbonyl (C=O) groups excluding carboxylic acids is 1. The van der Waals surface area contributed by atoms with E-state index in [0.717, 1.165) is 10.8 Å². The highest BCUT2D eigenvalue weighted by Crippen LogP contribution is 2.33. The number of hydrogen-bond donors (Lipinski definition) is 2. The lowest BCUT2D eigenvalue weighted by atomic mass is 9.98. The number of rotatable bonds is 1. The van der Waals surface area contributed by atoms with Crippen LogP contribution < -0.4 is 5.32 Å². The molecule has 2 aromatic carbocycles. The molecule has 3 rings (SSSR count). The van der Waals surface area contributed by atoms with Crippen LogP contribution in [0.15, 0.2) is 36.4 Å². The standard InChI is InChI=1S/C13H11NO3/c15-11-6-5-8-3-1-2-4-9(8)12(11)10-7-17-13(16)14-10/h1-6,10,15H,7H2,(H,14,16)/t10-/m0/s1. The maximum atomic E-state index is 11.1. The van der Waals surface area contributed by atoms with E-state index in [9.17, 15) is 9.90 Å². The average molecular weight is 229 g/mol. The van der Waals surface area contributed by atoms with E-state index in [2.05, 4.69) is 5.32 Å². The van der Waals surface area contributed by atoms with Crippen molar-refractivity contribution in [1.29, 1.82) is 0 Å². The molecule has 1 amide bonds. The van der Waals surface area contributed by atoms with E-state index in [0.29, 0.717) is 5.56 Å². The molecule has 0 radical (unpaired) electrons. The second-order valence-electron chi connectivity index (χ2n) is 4.01. The summed E-state index contributed by atoms with van der Waals surface area (Å²) in [5.41, 5.74) is 0.717. The zero-order chi connectivity index (χ0) is 11.8. The van der Waals surface area contributed by atoms with Crippen LogP contribution in [-0.2, 0) is 4.74 Å². The molecule has 0 saturated carbocycles. The fourth-order valence-corrected chi connectivity index (χ4v) is 2.19. The van der Waals surface area contributed by atoms with Gasteiger partial charge in [-0.05, 0) is 16.8 Å². The first-order valence-electron chi connectivity index (χ1n) is 5.39. The number of phenols is 1. The molecule has 1 heterocycles. The molecule has 86 valence electrons. The number of ether oxygens (including phenoxy) is 1. The van der Waals surface area contributed by atoms with Crippen molar-refractivity contribution in [1.82, 2.24) is 5.32 Å². The first-order valence-corrected chi connectivity index (χ1v) is 5.39. The molecule has 17 heavy (non-hydrogen) atoms. The van der Waals surface area contributed by atoms with Gasteiger partial charge in [-0.3, -0.25) is 0 Å². The van der Waals surface area contributed by atoms with Gasteiger partial charge in [0, 0.05) is 5.56 Å². The molecule has 2 aromatic rings. The van der Waals surface area contributed by atoms with Crippen molar-refractivity contribution < 1.29 is 14.6 Å². The van der Waals surface area contributed by atoms with Crippen LogP contribution in [0.3, 0.4) is 0 Å². The van der Waals surface area contributed by atoms with Gasteiger partial charge in [0.05, 0.1) is 6.04 Å². The highest BCUT2D eigenvalue weighted by atomic mass is 16.6. The largest absolute Gasteiger partial charge is 0.508 e. The zero-order valence-electron chi connectivity index (χ0n) is 9.01. The summed E-state index contributed by atoms with van der Waals surface area (Å²) in [6.45, 7) is 0.250. The second kappa shape index (κ2) is 3.66. The predicted molar refractivity (Wildman–Crippen MR) is 62.8 cm³/mol. The Hall–Kier alpha value is -2.23. The number of cyclic esters (lactones) is 1. The molecule has 1 aliphatic rings. The van der Waals surface area contributed by atoms with Crippen LogP contribution in [-0.4, -0.2) is 17.8 Å². The summed E-state index contributed by atoms with van der Waals surface area (Å²) in [4.78, 5) is 11.1. The minimum atomic E-state index is -0.442. The van der Waals surface area contributed by atoms with Crippen LogP contribution >= 0.6 is 0 Å². The smallest absolute Gasteiger partial charge is 0.407 e. The zero-order valence-corrected chi connectivity index (χ0v) is 9.01. The molecule has 4 nitrogen and oxygen atoms in total. The predicted octanol–water partition coefficient (Wildman–Crippen LogP) is 2.33. The first-order chi connectivity index (χ1) is 8.25. The molecule has 2 N–H and O–H groups in total. The Kier molecular flexibility index (Phi) is 2.14. The van der Waals surface area contributed by atoms with Crippen LogP contribution in [0, 0.1) is 0 Å². The number of hydrogen-bond acceptors (Lipinski definition) is 3. The van der Waals surface area contributed by atoms with Crippen molar-refractivity contribution in [2.75, 3.05) is 6.61 Å². The van der Waals surface area contributed by atoms with Gasteiger partial charge in [0.25, 0.3) is 0 Å². The van der Waals surface area contributed by atoms with E-state index in [1.165, 1.54) is 0 Å². The highest BCUT2D eigenvalue weighted by molar-refractivity contribution is 5.89. The third-order valence-corrected chi connectivity index (χ3v) is 2.97. The van der Waals surface area contributed by atoms with Crippen LogP contribution in [0.4, 0.5) is 4.79 Å². The fourth-order valence-electron chi connectivity index (χ4n) is 2.19. The Morgan fingerprint density at radius 2 is 2.06 bits per heavy atom. The van der Waals surface area contributed by atoms with Gasteiger partial charge < -0.3 is 15.2 Å². The van der Waals surface area contributed by atoms with Gasteiger partial charge in [-0.1, -0.05) is 30.3 Å². The number of fused-ring (bicyclic) bond motifs is 1. The van der Waals surface area contributed by atoms with Crippen LogP contribution in [0.1, 0.15) is 11.6 Å². The summed E-state index contributed by atoms with van der Waals surface area (Å²) < 4.78 is 4.86. The van der Waals surface area contributed by atoms with Gasteiger partial charge in [-0.2, -0.15) is 0 Å². The quantitative estimate of drug-likeness (QED) is 0.789. The molecule has 4 heteroatoms. The number of phenolic OH excluding ortho intramolecular Hbond substituents is 1. The van der Waals surface area contributed by atoms with E-state index >= 15 is 0 Å². The van der Waals surface area contributed by atoms with Gasteiger partial charge in [0.2, 0.25) is 0 Å². The van der Waals surface area contributed by atoms with Crippen molar-refractivity contribution in [3.8, 4) is 5.75 Å². The third kappa shape index (κ3) is 1.58. The maximum absolute atomic E-state index is 11.1. The third-order valence-electron chi connectivity index (χ3n) is 2.97. The number of amides is 1. The number of aromatic hydroxyl groups is 1. The summed E-state index contributed by atoms with van der Waals surface area (Å²) in [5.74, 6) is 0.180. The van der Waals surface area contributed by atoms with Gasteiger partial charge in [-0.15, -0.1) is 0 Å². The lowest BCUT2D eigenvalue weighted by Gasteiger charge is -2.13. The lowest BCUT2D eigenvalue weighted by molar-refractivity contribution is 0.177. The molecule has 0 aliphatic carbocycles. The van der Waals surface area contributed by atoms with Crippen molar-refractivity contribution in [2.45, 2.75) is 6.04 Å². The normalized spacial score (nSPS) is 19.1. The number of nitrogens with one attached hydrogen (secondary N) is 1. The Labute approximate surface area is 97.8 Å². The molecule has 0 bridgehead atoms. The fraction of sp³-hybridized carbons (Fsp3) is 0.154. The Morgan fingerprint density at radius 1 is 1.24 bits per heavy atom. The van der Waals surface area contributed by atoms with E-state index in [1.54, 1.807) is 6.07 Å². The van der Waals surface area contributed by atoms with Gasteiger partial charge in [0.1, 0.15) is 12.4 Å². The van der Waals surface area contributed by atoms with Crippen LogP contribution in [0.25, 0.3) is 10.8 Å². The Morgan fingerprint density at radius 3 is 2.82 bits per heavy atom. The minimum Gasteiger partial charge on any atom is -0.508 e. The van der Waals surface area contributed by atoms with Gasteiger partial charge in [0.15, 0.2) is 0 Å². The SMILES string of the molecule is O=C1N[C@H](c2c(O)ccc3ccccc23)CO1. The maximum Gasteiger partial charge on any atom is 0.407 e. The number of alkyl carbamates (subject to hydrolysis) is 1. The van der Waals surface area contributed by atoms with Crippen molar-refractivity contribution >= 4 is 16.9 Å². The lowest BCUT2D eigenvalue weighted by Crippen LogP contribution is -2.18. The Bertz CT molecular complexity index is 594. The van der Waals surface area contributed by atoms with E-state index in [4.69, 9.17) is 4.74 Å². The summed E-state index contributed by atoms with van der Waals surface area (Å²) in [6.07, 6.45) is -0.442. The molecule has 0 unspecified atom stereocenters. The molecular formula is C13H11NO3. The molecule has 1 fully saturated rings. The summed E-state index contributed by atoms with van der Waals surface area (Å²) in [7, 11) is 0. The van der Waals surface area contributed by atoms with Crippen molar-refractivity contribution in [3.05, 3.63) is 42.0 Å². The molecule has 1 saturated heterocycles. The van der Waals surface area contributed by atoms with Gasteiger partial charge in [-0.25, -0.2) is 4.79 Å². The van der Waals surface area contributed by atoms with Gasteiger partial charge >= 0.3 is 6.09 Å². The monoisotopic (exact) mass is 229 g/mol. The molecule has 1 atom stereocenters. The highest BCUT2D eigenvalue weighted by Gasteiger charge is 2.27. The van der Waals surface area contributed by atoms with E-state index in [1.807, 2.05) is 30.3 Å². The number of benzene rings is 2. The van der Waals surface area contributed by atoms with E-state index < -0.39 is 6.09 Å². The van der Waals surface area contributed by atoms with Crippen LogP contribution in [0.2, 0.25) is 0 Å². The Balaban J connectivity index is 2.20. The minimum absolute atomic E-state index is 0.180. The summed E-state index contributed by atoms with van der Waals surface area (Å²) in [5, 5.41) is 14.6. The van der Waals surface area contributed by atoms with Crippen molar-refractivity contribution in [2.24, 2.45) is 0 Å². The number of carbonyl (C=O) groups is 1. The van der Waals surface area contributed by atoms with Crippen LogP contribution in [0.5, 0.6) is 5.75 Å². The van der Waals surface area contributed by atoms with Crippen molar-refractivity contribution in [3.63, 3.8) is 0 Å². The summed E-state index contributed by atoms with van der Waals surface area (Å²) >= 11 is 0. The average Bonchev–Trinajstić information content (AvgIpc) is 2.75. The second-order valence-corrected chi connectivity index (χ2v) is 4.01. The van der Waals surface area contributed by atoms with E-state index in [-0.39, 0.29) is 18.4 Å². The first kappa shape index (κ1) is 9.96. The topological polar surface area (TPSA) is 58.6 Å². The summed E-state index contributed by atoms with van der Waals surface area (Å²) in [6, 6.07) is 10.9. The molecular weight excluding hydrogens is 218 g/mol. The molecule has 1 aliphatic heterocycles. The molecule has 0 aromatic heterocycles. The molecule has 0 spiro atoms.